The first-order chi connectivity index (χ1) is 12.4. The highest BCUT2D eigenvalue weighted by atomic mass is 19.1. The predicted molar refractivity (Wildman–Crippen MR) is 87.2 cm³/mol. The van der Waals surface area contributed by atoms with Crippen molar-refractivity contribution in [1.82, 2.24) is 24.5 Å². The molecule has 0 spiro atoms. The van der Waals surface area contributed by atoms with Gasteiger partial charge in [-0.25, -0.2) is 14.2 Å². The van der Waals surface area contributed by atoms with E-state index in [-0.39, 0.29) is 17.8 Å². The molecule has 3 aromatic rings. The van der Waals surface area contributed by atoms with E-state index in [1.807, 2.05) is 0 Å². The minimum absolute atomic E-state index is 0.0583. The molecule has 0 saturated carbocycles. The van der Waals surface area contributed by atoms with Gasteiger partial charge >= 0.3 is 5.97 Å². The number of esters is 1. The summed E-state index contributed by atoms with van der Waals surface area (Å²) < 4.78 is 20.3. The Bertz CT molecular complexity index is 1060. The van der Waals surface area contributed by atoms with Crippen molar-refractivity contribution in [3.8, 4) is 5.69 Å². The van der Waals surface area contributed by atoms with Crippen molar-refractivity contribution < 1.29 is 18.7 Å². The molecule has 0 amide bonds. The third-order valence-electron chi connectivity index (χ3n) is 3.61. The Hall–Kier alpha value is -3.43. The number of benzene rings is 1. The van der Waals surface area contributed by atoms with E-state index in [0.717, 1.165) is 10.9 Å². The molecular formula is C16H14FN5O4. The van der Waals surface area contributed by atoms with Crippen LogP contribution in [-0.2, 0) is 14.3 Å². The lowest BCUT2D eigenvalue weighted by molar-refractivity contribution is -0.150. The van der Waals surface area contributed by atoms with Crippen LogP contribution in [0.5, 0.6) is 0 Å². The van der Waals surface area contributed by atoms with Gasteiger partial charge in [-0.3, -0.25) is 14.2 Å². The Morgan fingerprint density at radius 3 is 2.77 bits per heavy atom. The summed E-state index contributed by atoms with van der Waals surface area (Å²) in [5, 5.41) is 7.58. The van der Waals surface area contributed by atoms with E-state index in [4.69, 9.17) is 4.74 Å². The molecule has 2 heterocycles. The van der Waals surface area contributed by atoms with E-state index in [1.165, 1.54) is 29.8 Å². The molecule has 3 rings (SSSR count). The lowest BCUT2D eigenvalue weighted by Gasteiger charge is -2.14. The molecule has 1 aromatic carbocycles. The third kappa shape index (κ3) is 2.96. The topological polar surface area (TPSA) is 109 Å². The number of carbonyl (C=O) groups excluding carboxylic acids is 2. The SMILES string of the molecule is CCOC(=O)C(C(C)=O)n1cnc2c(nnn2-c2cccc(F)c2)c1=O. The number of nitrogens with zero attached hydrogens (tertiary/aromatic N) is 5. The molecule has 1 atom stereocenters. The second-order valence-electron chi connectivity index (χ2n) is 5.38. The van der Waals surface area contributed by atoms with Crippen LogP contribution in [0.4, 0.5) is 4.39 Å². The summed E-state index contributed by atoms with van der Waals surface area (Å²) in [5.74, 6) is -1.93. The zero-order valence-electron chi connectivity index (χ0n) is 13.9. The number of ether oxygens (including phenoxy) is 1. The fourth-order valence-corrected chi connectivity index (χ4v) is 2.48. The summed E-state index contributed by atoms with van der Waals surface area (Å²) in [6.07, 6.45) is 1.05. The predicted octanol–water partition coefficient (Wildman–Crippen LogP) is 0.809. The highest BCUT2D eigenvalue weighted by Gasteiger charge is 2.29. The van der Waals surface area contributed by atoms with Gasteiger partial charge in [0.15, 0.2) is 23.0 Å². The van der Waals surface area contributed by atoms with Gasteiger partial charge in [-0.15, -0.1) is 5.10 Å². The van der Waals surface area contributed by atoms with Gasteiger partial charge in [0, 0.05) is 0 Å². The molecule has 10 heteroatoms. The number of ketones is 1. The number of rotatable bonds is 5. The molecule has 0 aliphatic rings. The Kier molecular flexibility index (Phi) is 4.57. The van der Waals surface area contributed by atoms with Crippen molar-refractivity contribution in [2.75, 3.05) is 6.61 Å². The lowest BCUT2D eigenvalue weighted by atomic mass is 10.2. The Morgan fingerprint density at radius 2 is 2.12 bits per heavy atom. The van der Waals surface area contributed by atoms with Crippen molar-refractivity contribution in [1.29, 1.82) is 0 Å². The van der Waals surface area contributed by atoms with E-state index in [9.17, 15) is 18.8 Å². The van der Waals surface area contributed by atoms with Crippen molar-refractivity contribution >= 4 is 22.9 Å². The zero-order valence-corrected chi connectivity index (χ0v) is 13.9. The van der Waals surface area contributed by atoms with Crippen LogP contribution < -0.4 is 5.56 Å². The molecule has 0 radical (unpaired) electrons. The highest BCUT2D eigenvalue weighted by Crippen LogP contribution is 2.14. The van der Waals surface area contributed by atoms with Crippen molar-refractivity contribution in [3.63, 3.8) is 0 Å². The molecular weight excluding hydrogens is 345 g/mol. The third-order valence-corrected chi connectivity index (χ3v) is 3.61. The maximum atomic E-state index is 13.4. The minimum Gasteiger partial charge on any atom is -0.464 e. The van der Waals surface area contributed by atoms with Crippen molar-refractivity contribution in [3.05, 3.63) is 46.8 Å². The lowest BCUT2D eigenvalue weighted by Crippen LogP contribution is -2.35. The van der Waals surface area contributed by atoms with Crippen LogP contribution in [0, 0.1) is 5.82 Å². The first-order valence-electron chi connectivity index (χ1n) is 7.69. The van der Waals surface area contributed by atoms with E-state index >= 15 is 0 Å². The average Bonchev–Trinajstić information content (AvgIpc) is 3.02. The van der Waals surface area contributed by atoms with Gasteiger partial charge < -0.3 is 4.74 Å². The molecule has 0 fully saturated rings. The molecule has 1 unspecified atom stereocenters. The van der Waals surface area contributed by atoms with Crippen LogP contribution in [0.1, 0.15) is 19.9 Å². The maximum Gasteiger partial charge on any atom is 0.337 e. The van der Waals surface area contributed by atoms with Gasteiger partial charge in [0.1, 0.15) is 12.1 Å². The molecule has 134 valence electrons. The molecule has 9 nitrogen and oxygen atoms in total. The van der Waals surface area contributed by atoms with Crippen LogP contribution in [0.15, 0.2) is 35.4 Å². The second kappa shape index (κ2) is 6.82. The van der Waals surface area contributed by atoms with Crippen molar-refractivity contribution in [2.45, 2.75) is 19.9 Å². The smallest absolute Gasteiger partial charge is 0.337 e. The van der Waals surface area contributed by atoms with Gasteiger partial charge in [0.2, 0.25) is 0 Å². The molecule has 26 heavy (non-hydrogen) atoms. The van der Waals surface area contributed by atoms with Gasteiger partial charge in [0.05, 0.1) is 12.3 Å². The van der Waals surface area contributed by atoms with Crippen LogP contribution in [-0.4, -0.2) is 42.9 Å². The first-order valence-corrected chi connectivity index (χ1v) is 7.69. The molecule has 0 N–H and O–H groups in total. The summed E-state index contributed by atoms with van der Waals surface area (Å²) in [7, 11) is 0. The van der Waals surface area contributed by atoms with E-state index < -0.39 is 29.2 Å². The maximum absolute atomic E-state index is 13.4. The quantitative estimate of drug-likeness (QED) is 0.490. The number of hydrogen-bond donors (Lipinski definition) is 0. The summed E-state index contributed by atoms with van der Waals surface area (Å²) in [5.41, 5.74) is -0.494. The van der Waals surface area contributed by atoms with Gasteiger partial charge in [-0.2, -0.15) is 4.68 Å². The minimum atomic E-state index is -1.46. The van der Waals surface area contributed by atoms with Gasteiger partial charge in [-0.1, -0.05) is 11.3 Å². The van der Waals surface area contributed by atoms with Crippen LogP contribution >= 0.6 is 0 Å². The summed E-state index contributed by atoms with van der Waals surface area (Å²) in [6.45, 7) is 2.81. The number of halogens is 1. The van der Waals surface area contributed by atoms with Crippen LogP contribution in [0.3, 0.4) is 0 Å². The fourth-order valence-electron chi connectivity index (χ4n) is 2.48. The first kappa shape index (κ1) is 17.4. The number of hydrogen-bond acceptors (Lipinski definition) is 7. The van der Waals surface area contributed by atoms with Gasteiger partial charge in [0.25, 0.3) is 5.56 Å². The van der Waals surface area contributed by atoms with E-state index in [0.29, 0.717) is 5.69 Å². The summed E-state index contributed by atoms with van der Waals surface area (Å²) in [6, 6.07) is 4.06. The largest absolute Gasteiger partial charge is 0.464 e. The molecule has 0 bridgehead atoms. The van der Waals surface area contributed by atoms with Crippen molar-refractivity contribution in [2.24, 2.45) is 0 Å². The van der Waals surface area contributed by atoms with E-state index in [1.54, 1.807) is 13.0 Å². The van der Waals surface area contributed by atoms with Crippen LogP contribution in [0.25, 0.3) is 16.9 Å². The molecule has 2 aromatic heterocycles. The number of Topliss-reactive ketones (excluding diaryl/α,β-unsaturated/α-hetero) is 1. The van der Waals surface area contributed by atoms with E-state index in [2.05, 4.69) is 15.3 Å². The summed E-state index contributed by atoms with van der Waals surface area (Å²) >= 11 is 0. The molecule has 0 aliphatic carbocycles. The zero-order chi connectivity index (χ0) is 18.8. The Balaban J connectivity index is 2.14. The number of aromatic nitrogens is 5. The normalized spacial score (nSPS) is 12.1. The molecule has 0 aliphatic heterocycles. The monoisotopic (exact) mass is 359 g/mol. The second-order valence-corrected chi connectivity index (χ2v) is 5.38. The van der Waals surface area contributed by atoms with Crippen LogP contribution in [0.2, 0.25) is 0 Å². The molecule has 0 saturated heterocycles. The fraction of sp³-hybridized carbons (Fsp3) is 0.250. The average molecular weight is 359 g/mol. The Morgan fingerprint density at radius 1 is 1.35 bits per heavy atom. The Labute approximate surface area is 146 Å². The standard InChI is InChI=1S/C16H14FN5O4/c1-3-26-16(25)13(9(2)23)21-8-18-14-12(15(21)24)19-20-22(14)11-6-4-5-10(17)7-11/h4-8,13H,3H2,1-2H3. The number of carbonyl (C=O) groups is 2. The number of fused-ring (bicyclic) bond motifs is 1. The highest BCUT2D eigenvalue weighted by molar-refractivity contribution is 6.00. The summed E-state index contributed by atoms with van der Waals surface area (Å²) in [4.78, 5) is 40.6. The van der Waals surface area contributed by atoms with Gasteiger partial charge in [-0.05, 0) is 32.0 Å².